The van der Waals surface area contributed by atoms with Crippen molar-refractivity contribution in [2.45, 2.75) is 25.9 Å². The number of β-amino-alcohol motifs (C(OH)–C–C–N with tert-alkyl or cyclic N) is 1. The molecule has 4 heteroatoms. The number of aliphatic hydroxyl groups is 1. The Morgan fingerprint density at radius 2 is 2.17 bits per heavy atom. The van der Waals surface area contributed by atoms with Gasteiger partial charge in [0.2, 0.25) is 0 Å². The zero-order valence-electron chi connectivity index (χ0n) is 10.8. The summed E-state index contributed by atoms with van der Waals surface area (Å²) in [5.74, 6) is -0.720. The van der Waals surface area contributed by atoms with Crippen LogP contribution in [0.15, 0.2) is 24.3 Å². The maximum absolute atomic E-state index is 11.0. The summed E-state index contributed by atoms with van der Waals surface area (Å²) in [6.07, 6.45) is 1.00. The summed E-state index contributed by atoms with van der Waals surface area (Å²) in [6, 6.07) is 7.98. The number of fused-ring (bicyclic) bond motifs is 1. The quantitative estimate of drug-likeness (QED) is 0.852. The standard InChI is InChI=1S/C14H19NO3/c1-10-7-11-5-3-4-6-12(11)15(8-10)9-14(2,18)13(16)17/h3-6,10,18H,7-9H2,1-2H3,(H,16,17). The highest BCUT2D eigenvalue weighted by atomic mass is 16.4. The van der Waals surface area contributed by atoms with Gasteiger partial charge in [-0.3, -0.25) is 0 Å². The second-order valence-corrected chi connectivity index (χ2v) is 5.40. The van der Waals surface area contributed by atoms with Gasteiger partial charge in [0.05, 0.1) is 6.54 Å². The third-order valence-corrected chi connectivity index (χ3v) is 3.39. The van der Waals surface area contributed by atoms with Crippen molar-refractivity contribution in [3.05, 3.63) is 29.8 Å². The lowest BCUT2D eigenvalue weighted by Crippen LogP contribution is -2.49. The van der Waals surface area contributed by atoms with E-state index in [2.05, 4.69) is 13.0 Å². The van der Waals surface area contributed by atoms with E-state index < -0.39 is 11.6 Å². The van der Waals surface area contributed by atoms with Gasteiger partial charge in [-0.2, -0.15) is 0 Å². The largest absolute Gasteiger partial charge is 0.479 e. The van der Waals surface area contributed by atoms with E-state index in [1.165, 1.54) is 12.5 Å². The Morgan fingerprint density at radius 1 is 1.50 bits per heavy atom. The van der Waals surface area contributed by atoms with Crippen LogP contribution in [0, 0.1) is 5.92 Å². The minimum absolute atomic E-state index is 0.115. The van der Waals surface area contributed by atoms with Crippen LogP contribution in [-0.2, 0) is 11.2 Å². The average molecular weight is 249 g/mol. The summed E-state index contributed by atoms with van der Waals surface area (Å²) in [7, 11) is 0. The van der Waals surface area contributed by atoms with E-state index in [0.29, 0.717) is 5.92 Å². The zero-order chi connectivity index (χ0) is 13.3. The van der Waals surface area contributed by atoms with E-state index in [4.69, 9.17) is 5.11 Å². The molecule has 18 heavy (non-hydrogen) atoms. The summed E-state index contributed by atoms with van der Waals surface area (Å²) >= 11 is 0. The molecule has 0 radical (unpaired) electrons. The second kappa shape index (κ2) is 4.61. The van der Waals surface area contributed by atoms with Crippen LogP contribution in [0.2, 0.25) is 0 Å². The first-order valence-electron chi connectivity index (χ1n) is 6.19. The minimum atomic E-state index is -1.72. The van der Waals surface area contributed by atoms with E-state index in [9.17, 15) is 9.90 Å². The van der Waals surface area contributed by atoms with Crippen LogP contribution in [-0.4, -0.2) is 34.9 Å². The van der Waals surface area contributed by atoms with Crippen LogP contribution < -0.4 is 4.90 Å². The summed E-state index contributed by atoms with van der Waals surface area (Å²) in [4.78, 5) is 13.0. The van der Waals surface area contributed by atoms with Crippen LogP contribution in [0.25, 0.3) is 0 Å². The van der Waals surface area contributed by atoms with Crippen molar-refractivity contribution in [3.8, 4) is 0 Å². The van der Waals surface area contributed by atoms with E-state index >= 15 is 0 Å². The first-order valence-corrected chi connectivity index (χ1v) is 6.19. The van der Waals surface area contributed by atoms with Gasteiger partial charge in [0.15, 0.2) is 5.60 Å². The first kappa shape index (κ1) is 12.9. The van der Waals surface area contributed by atoms with Crippen molar-refractivity contribution < 1.29 is 15.0 Å². The molecule has 0 bridgehead atoms. The zero-order valence-corrected chi connectivity index (χ0v) is 10.8. The maximum Gasteiger partial charge on any atom is 0.337 e. The van der Waals surface area contributed by atoms with Gasteiger partial charge in [-0.25, -0.2) is 4.79 Å². The molecule has 4 nitrogen and oxygen atoms in total. The number of carboxylic acids is 1. The summed E-state index contributed by atoms with van der Waals surface area (Å²) in [5, 5.41) is 18.9. The lowest BCUT2D eigenvalue weighted by Gasteiger charge is -2.37. The fourth-order valence-corrected chi connectivity index (χ4v) is 2.50. The van der Waals surface area contributed by atoms with Gasteiger partial charge >= 0.3 is 5.97 Å². The van der Waals surface area contributed by atoms with Gasteiger partial charge in [-0.15, -0.1) is 0 Å². The predicted molar refractivity (Wildman–Crippen MR) is 69.8 cm³/mol. The number of benzene rings is 1. The molecule has 98 valence electrons. The number of para-hydroxylation sites is 1. The molecule has 2 atom stereocenters. The van der Waals surface area contributed by atoms with Crippen LogP contribution in [0.1, 0.15) is 19.4 Å². The first-order chi connectivity index (χ1) is 8.40. The van der Waals surface area contributed by atoms with Crippen LogP contribution in [0.3, 0.4) is 0 Å². The van der Waals surface area contributed by atoms with Gasteiger partial charge in [0.25, 0.3) is 0 Å². The van der Waals surface area contributed by atoms with Crippen LogP contribution in [0.4, 0.5) is 5.69 Å². The molecular formula is C14H19NO3. The van der Waals surface area contributed by atoms with E-state index in [1.54, 1.807) is 0 Å². The number of rotatable bonds is 3. The number of anilines is 1. The molecule has 0 spiro atoms. The molecule has 0 fully saturated rings. The molecule has 1 aliphatic rings. The number of nitrogens with zero attached hydrogens (tertiary/aromatic N) is 1. The molecule has 1 heterocycles. The lowest BCUT2D eigenvalue weighted by molar-refractivity contribution is -0.155. The smallest absolute Gasteiger partial charge is 0.337 e. The molecular weight excluding hydrogens is 230 g/mol. The van der Waals surface area contributed by atoms with Gasteiger partial charge < -0.3 is 15.1 Å². The molecule has 0 aliphatic carbocycles. The second-order valence-electron chi connectivity index (χ2n) is 5.40. The molecule has 1 aromatic carbocycles. The predicted octanol–water partition coefficient (Wildman–Crippen LogP) is 1.52. The van der Waals surface area contributed by atoms with Crippen molar-refractivity contribution in [2.24, 2.45) is 5.92 Å². The molecule has 0 saturated heterocycles. The van der Waals surface area contributed by atoms with Crippen molar-refractivity contribution >= 4 is 11.7 Å². The van der Waals surface area contributed by atoms with Gasteiger partial charge in [-0.05, 0) is 30.9 Å². The van der Waals surface area contributed by atoms with Crippen LogP contribution in [0.5, 0.6) is 0 Å². The third-order valence-electron chi connectivity index (χ3n) is 3.39. The fraction of sp³-hybridized carbons (Fsp3) is 0.500. The lowest BCUT2D eigenvalue weighted by atomic mass is 9.92. The molecule has 1 aromatic rings. The summed E-state index contributed by atoms with van der Waals surface area (Å²) < 4.78 is 0. The molecule has 2 rings (SSSR count). The number of hydrogen-bond donors (Lipinski definition) is 2. The van der Waals surface area contributed by atoms with Crippen molar-refractivity contribution in [2.75, 3.05) is 18.0 Å². The SMILES string of the molecule is CC1Cc2ccccc2N(CC(C)(O)C(=O)O)C1. The van der Waals surface area contributed by atoms with E-state index in [0.717, 1.165) is 18.7 Å². The minimum Gasteiger partial charge on any atom is -0.479 e. The van der Waals surface area contributed by atoms with Gasteiger partial charge in [0.1, 0.15) is 0 Å². The Hall–Kier alpha value is -1.55. The average Bonchev–Trinajstić information content (AvgIpc) is 2.28. The van der Waals surface area contributed by atoms with Crippen molar-refractivity contribution in [1.82, 2.24) is 0 Å². The Kier molecular flexibility index (Phi) is 3.30. The Morgan fingerprint density at radius 3 is 2.83 bits per heavy atom. The fourth-order valence-electron chi connectivity index (χ4n) is 2.50. The topological polar surface area (TPSA) is 60.8 Å². The number of carboxylic acid groups (broad SMARTS) is 1. The molecule has 0 amide bonds. The molecule has 0 saturated carbocycles. The van der Waals surface area contributed by atoms with Crippen LogP contribution >= 0.6 is 0 Å². The van der Waals surface area contributed by atoms with Gasteiger partial charge in [-0.1, -0.05) is 25.1 Å². The number of carbonyl (C=O) groups is 1. The van der Waals surface area contributed by atoms with Crippen molar-refractivity contribution in [1.29, 1.82) is 0 Å². The highest BCUT2D eigenvalue weighted by Crippen LogP contribution is 2.30. The normalized spacial score (nSPS) is 22.2. The van der Waals surface area contributed by atoms with Gasteiger partial charge in [0, 0.05) is 12.2 Å². The number of aliphatic carboxylic acids is 1. The number of hydrogen-bond acceptors (Lipinski definition) is 3. The summed E-state index contributed by atoms with van der Waals surface area (Å²) in [6.45, 7) is 4.37. The Labute approximate surface area is 107 Å². The molecule has 2 unspecified atom stereocenters. The molecule has 1 aliphatic heterocycles. The van der Waals surface area contributed by atoms with E-state index in [1.807, 2.05) is 23.1 Å². The monoisotopic (exact) mass is 249 g/mol. The van der Waals surface area contributed by atoms with E-state index in [-0.39, 0.29) is 6.54 Å². The highest BCUT2D eigenvalue weighted by Gasteiger charge is 2.34. The van der Waals surface area contributed by atoms with Crippen molar-refractivity contribution in [3.63, 3.8) is 0 Å². The maximum atomic E-state index is 11.0. The highest BCUT2D eigenvalue weighted by molar-refractivity contribution is 5.77. The third kappa shape index (κ3) is 2.48. The molecule has 2 N–H and O–H groups in total. The summed E-state index contributed by atoms with van der Waals surface area (Å²) in [5.41, 5.74) is 0.541. The Balaban J connectivity index is 2.27. The Bertz CT molecular complexity index is 456. The molecule has 0 aromatic heterocycles.